The predicted octanol–water partition coefficient (Wildman–Crippen LogP) is 2.23. The third kappa shape index (κ3) is 1.57. The second-order valence-corrected chi connectivity index (χ2v) is 5.35. The molecule has 3 nitrogen and oxygen atoms in total. The zero-order valence-electron chi connectivity index (χ0n) is 8.87. The lowest BCUT2D eigenvalue weighted by molar-refractivity contribution is 0.599. The van der Waals surface area contributed by atoms with Crippen LogP contribution in [0.3, 0.4) is 0 Å². The van der Waals surface area contributed by atoms with Crippen molar-refractivity contribution in [2.75, 3.05) is 0 Å². The van der Waals surface area contributed by atoms with Crippen LogP contribution in [0, 0.1) is 0 Å². The molecule has 0 amide bonds. The molecule has 17 heavy (non-hydrogen) atoms. The second kappa shape index (κ2) is 3.53. The maximum Gasteiger partial charge on any atom is 0.283 e. The lowest BCUT2D eigenvalue weighted by Gasteiger charge is -2.00. The van der Waals surface area contributed by atoms with E-state index in [1.165, 1.54) is 0 Å². The van der Waals surface area contributed by atoms with E-state index in [-0.39, 0.29) is 0 Å². The summed E-state index contributed by atoms with van der Waals surface area (Å²) < 4.78 is 27.5. The first kappa shape index (κ1) is 10.2. The van der Waals surface area contributed by atoms with Gasteiger partial charge in [-0.15, -0.1) is 0 Å². The fourth-order valence-electron chi connectivity index (χ4n) is 1.91. The topological polar surface area (TPSA) is 46.5 Å². The first-order valence-corrected chi connectivity index (χ1v) is 6.62. The molecule has 2 aromatic carbocycles. The molecule has 1 aliphatic heterocycles. The molecule has 2 aromatic rings. The maximum atomic E-state index is 11.8. The van der Waals surface area contributed by atoms with Gasteiger partial charge in [0.1, 0.15) is 0 Å². The van der Waals surface area contributed by atoms with Crippen molar-refractivity contribution >= 4 is 15.7 Å². The molecular weight excluding hydrogens is 234 g/mol. The lowest BCUT2D eigenvalue weighted by atomic mass is 10.0. The van der Waals surface area contributed by atoms with E-state index in [0.717, 1.165) is 5.56 Å². The highest BCUT2D eigenvalue weighted by atomic mass is 32.2. The van der Waals surface area contributed by atoms with E-state index in [0.29, 0.717) is 16.2 Å². The molecule has 0 fully saturated rings. The molecule has 3 rings (SSSR count). The molecule has 0 unspecified atom stereocenters. The summed E-state index contributed by atoms with van der Waals surface area (Å²) in [6.45, 7) is 0. The van der Waals surface area contributed by atoms with Crippen molar-refractivity contribution in [3.8, 4) is 0 Å². The minimum atomic E-state index is -3.51. The molecule has 0 saturated carbocycles. The highest BCUT2D eigenvalue weighted by molar-refractivity contribution is 7.90. The molecule has 0 aliphatic carbocycles. The van der Waals surface area contributed by atoms with Crippen molar-refractivity contribution < 1.29 is 8.42 Å². The Labute approximate surface area is 99.5 Å². The lowest BCUT2D eigenvalue weighted by Crippen LogP contribution is -1.99. The van der Waals surface area contributed by atoms with Gasteiger partial charge in [0, 0.05) is 11.1 Å². The summed E-state index contributed by atoms with van der Waals surface area (Å²) in [4.78, 5) is 0.291. The van der Waals surface area contributed by atoms with E-state index >= 15 is 0 Å². The summed E-state index contributed by atoms with van der Waals surface area (Å²) in [6, 6.07) is 16.2. The Bertz CT molecular complexity index is 703. The Morgan fingerprint density at radius 1 is 0.824 bits per heavy atom. The Morgan fingerprint density at radius 3 is 2.24 bits per heavy atom. The van der Waals surface area contributed by atoms with Crippen molar-refractivity contribution in [3.05, 3.63) is 65.7 Å². The van der Waals surface area contributed by atoms with Crippen LogP contribution in [0.25, 0.3) is 0 Å². The fraction of sp³-hybridized carbons (Fsp3) is 0. The summed E-state index contributed by atoms with van der Waals surface area (Å²) in [5.41, 5.74) is 2.03. The van der Waals surface area contributed by atoms with Crippen LogP contribution in [0.1, 0.15) is 11.1 Å². The molecule has 0 aromatic heterocycles. The number of hydrogen-bond acceptors (Lipinski definition) is 2. The van der Waals surface area contributed by atoms with Gasteiger partial charge in [0.2, 0.25) is 0 Å². The van der Waals surface area contributed by atoms with Crippen LogP contribution in [-0.4, -0.2) is 14.1 Å². The van der Waals surface area contributed by atoms with Crippen LogP contribution in [0.5, 0.6) is 0 Å². The molecule has 84 valence electrons. The van der Waals surface area contributed by atoms with Crippen LogP contribution in [0.15, 0.2) is 63.9 Å². The van der Waals surface area contributed by atoms with E-state index in [1.54, 1.807) is 18.2 Å². The van der Waals surface area contributed by atoms with Crippen molar-refractivity contribution in [1.29, 1.82) is 0 Å². The van der Waals surface area contributed by atoms with Gasteiger partial charge in [-0.3, -0.25) is 0 Å². The smallest absolute Gasteiger partial charge is 0.199 e. The molecule has 0 spiro atoms. The Kier molecular flexibility index (Phi) is 2.12. The van der Waals surface area contributed by atoms with Crippen molar-refractivity contribution in [2.24, 2.45) is 4.40 Å². The van der Waals surface area contributed by atoms with Crippen molar-refractivity contribution in [1.82, 2.24) is 0 Å². The largest absolute Gasteiger partial charge is 0.283 e. The van der Waals surface area contributed by atoms with Gasteiger partial charge >= 0.3 is 0 Å². The van der Waals surface area contributed by atoms with Gasteiger partial charge in [-0.05, 0) is 6.07 Å². The molecule has 1 aliphatic rings. The standard InChI is InChI=1S/C13H9NO2S/c15-17(16)12-9-5-4-8-11(12)13(14-17)10-6-2-1-3-7-10/h1-9H. The number of sulfonamides is 1. The number of nitrogens with zero attached hydrogens (tertiary/aromatic N) is 1. The average Bonchev–Trinajstić information content (AvgIpc) is 2.64. The van der Waals surface area contributed by atoms with E-state index < -0.39 is 10.0 Å². The molecule has 1 heterocycles. The summed E-state index contributed by atoms with van der Waals surface area (Å²) in [5.74, 6) is 0. The van der Waals surface area contributed by atoms with Gasteiger partial charge in [0.15, 0.2) is 0 Å². The van der Waals surface area contributed by atoms with E-state index in [1.807, 2.05) is 36.4 Å². The number of fused-ring (bicyclic) bond motifs is 1. The third-order valence-electron chi connectivity index (χ3n) is 2.68. The number of benzene rings is 2. The molecule has 0 saturated heterocycles. The summed E-state index contributed by atoms with van der Waals surface area (Å²) in [5, 5.41) is 0. The van der Waals surface area contributed by atoms with Gasteiger partial charge in [-0.25, -0.2) is 0 Å². The summed E-state index contributed by atoms with van der Waals surface area (Å²) in [6.07, 6.45) is 0. The Balaban J connectivity index is 2.29. The predicted molar refractivity (Wildman–Crippen MR) is 65.7 cm³/mol. The van der Waals surface area contributed by atoms with Gasteiger partial charge in [0.05, 0.1) is 10.6 Å². The molecule has 0 N–H and O–H groups in total. The molecular formula is C13H9NO2S. The van der Waals surface area contributed by atoms with Crippen LogP contribution < -0.4 is 0 Å². The SMILES string of the molecule is O=S1(=O)N=C(c2ccccc2)c2ccccc21. The number of hydrogen-bond donors (Lipinski definition) is 0. The van der Waals surface area contributed by atoms with E-state index in [4.69, 9.17) is 0 Å². The highest BCUT2D eigenvalue weighted by Gasteiger charge is 2.28. The van der Waals surface area contributed by atoms with E-state index in [9.17, 15) is 8.42 Å². The maximum absolute atomic E-state index is 11.8. The van der Waals surface area contributed by atoms with Gasteiger partial charge in [-0.1, -0.05) is 48.5 Å². The quantitative estimate of drug-likeness (QED) is 0.771. The fourth-order valence-corrected chi connectivity index (χ4v) is 3.15. The highest BCUT2D eigenvalue weighted by Crippen LogP contribution is 2.28. The Hall–Kier alpha value is -1.94. The number of rotatable bonds is 1. The van der Waals surface area contributed by atoms with Gasteiger partial charge < -0.3 is 0 Å². The second-order valence-electron chi connectivity index (χ2n) is 3.78. The van der Waals surface area contributed by atoms with Gasteiger partial charge in [0.25, 0.3) is 10.0 Å². The average molecular weight is 243 g/mol. The van der Waals surface area contributed by atoms with Crippen molar-refractivity contribution in [3.63, 3.8) is 0 Å². The molecule has 0 radical (unpaired) electrons. The molecule has 4 heteroatoms. The first-order valence-electron chi connectivity index (χ1n) is 5.18. The molecule has 0 bridgehead atoms. The minimum Gasteiger partial charge on any atom is -0.199 e. The van der Waals surface area contributed by atoms with Crippen molar-refractivity contribution in [2.45, 2.75) is 4.90 Å². The summed E-state index contributed by atoms with van der Waals surface area (Å²) in [7, 11) is -3.51. The summed E-state index contributed by atoms with van der Waals surface area (Å²) >= 11 is 0. The van der Waals surface area contributed by atoms with Gasteiger partial charge in [-0.2, -0.15) is 12.8 Å². The molecule has 0 atom stereocenters. The third-order valence-corrected chi connectivity index (χ3v) is 4.01. The van der Waals surface area contributed by atoms with Crippen LogP contribution in [0.4, 0.5) is 0 Å². The minimum absolute atomic E-state index is 0.291. The van der Waals surface area contributed by atoms with Crippen LogP contribution in [0.2, 0.25) is 0 Å². The zero-order valence-corrected chi connectivity index (χ0v) is 9.68. The zero-order chi connectivity index (χ0) is 11.9. The van der Waals surface area contributed by atoms with E-state index in [2.05, 4.69) is 4.40 Å². The Morgan fingerprint density at radius 2 is 1.47 bits per heavy atom. The van der Waals surface area contributed by atoms with Crippen LogP contribution >= 0.6 is 0 Å². The van der Waals surface area contributed by atoms with Crippen LogP contribution in [-0.2, 0) is 10.0 Å². The monoisotopic (exact) mass is 243 g/mol. The normalized spacial score (nSPS) is 16.4. The first-order chi connectivity index (χ1) is 8.18.